The van der Waals surface area contributed by atoms with E-state index in [-0.39, 0.29) is 23.3 Å². The highest BCUT2D eigenvalue weighted by Crippen LogP contribution is 2.13. The lowest BCUT2D eigenvalue weighted by molar-refractivity contribution is -0.123. The van der Waals surface area contributed by atoms with Gasteiger partial charge < -0.3 is 10.6 Å². The number of nitrogens with one attached hydrogen (secondary N) is 3. The molecule has 3 N–H and O–H groups in total. The van der Waals surface area contributed by atoms with Crippen LogP contribution in [0.3, 0.4) is 0 Å². The van der Waals surface area contributed by atoms with Crippen molar-refractivity contribution in [2.75, 3.05) is 7.05 Å². The summed E-state index contributed by atoms with van der Waals surface area (Å²) >= 11 is 0. The van der Waals surface area contributed by atoms with E-state index in [1.807, 2.05) is 6.92 Å². The smallest absolute Gasteiger partial charge is 0.251 e. The van der Waals surface area contributed by atoms with Crippen molar-refractivity contribution in [2.24, 2.45) is 5.92 Å². The van der Waals surface area contributed by atoms with Crippen molar-refractivity contribution in [3.05, 3.63) is 65.2 Å². The molecule has 7 nitrogen and oxygen atoms in total. The highest BCUT2D eigenvalue weighted by molar-refractivity contribution is 7.89. The summed E-state index contributed by atoms with van der Waals surface area (Å²) in [7, 11) is -2.29. The number of hydrogen-bond acceptors (Lipinski definition) is 4. The number of amides is 2. The van der Waals surface area contributed by atoms with Crippen LogP contribution >= 0.6 is 0 Å². The highest BCUT2D eigenvalue weighted by Gasteiger charge is 2.28. The summed E-state index contributed by atoms with van der Waals surface area (Å²) in [6, 6.07) is 12.4. The molecule has 0 saturated carbocycles. The standard InChI is InChI=1S/C21H27N3O4S/c1-14(2)19(24-29(27,28)18-10-8-15(3)9-11-18)21(26)23-13-16-6-5-7-17(12-16)20(25)22-4/h5-12,14,19,24H,13H2,1-4H3,(H,22,25)(H,23,26)/t19-/m0/s1. The van der Waals surface area contributed by atoms with Crippen LogP contribution in [0.1, 0.15) is 35.3 Å². The van der Waals surface area contributed by atoms with Crippen molar-refractivity contribution in [1.82, 2.24) is 15.4 Å². The number of rotatable bonds is 8. The second kappa shape index (κ2) is 9.67. The Balaban J connectivity index is 2.10. The number of sulfonamides is 1. The maximum Gasteiger partial charge on any atom is 0.251 e. The Morgan fingerprint density at radius 3 is 2.28 bits per heavy atom. The Morgan fingerprint density at radius 2 is 1.69 bits per heavy atom. The van der Waals surface area contributed by atoms with Gasteiger partial charge in [-0.1, -0.05) is 43.7 Å². The van der Waals surface area contributed by atoms with E-state index in [2.05, 4.69) is 15.4 Å². The molecule has 0 aliphatic heterocycles. The highest BCUT2D eigenvalue weighted by atomic mass is 32.2. The molecular formula is C21H27N3O4S. The fourth-order valence-corrected chi connectivity index (χ4v) is 4.05. The fourth-order valence-electron chi connectivity index (χ4n) is 2.71. The quantitative estimate of drug-likeness (QED) is 0.611. The minimum absolute atomic E-state index is 0.111. The Labute approximate surface area is 172 Å². The second-order valence-electron chi connectivity index (χ2n) is 7.15. The van der Waals surface area contributed by atoms with E-state index < -0.39 is 22.0 Å². The molecule has 0 bridgehead atoms. The predicted octanol–water partition coefficient (Wildman–Crippen LogP) is 1.97. The molecule has 8 heteroatoms. The van der Waals surface area contributed by atoms with Gasteiger partial charge in [0.25, 0.3) is 5.91 Å². The van der Waals surface area contributed by atoms with Gasteiger partial charge in [-0.25, -0.2) is 8.42 Å². The van der Waals surface area contributed by atoms with E-state index in [1.165, 1.54) is 12.1 Å². The third kappa shape index (κ3) is 6.13. The molecule has 0 aromatic heterocycles. The van der Waals surface area contributed by atoms with Crippen LogP contribution in [0.2, 0.25) is 0 Å². The van der Waals surface area contributed by atoms with Crippen LogP contribution < -0.4 is 15.4 Å². The van der Waals surface area contributed by atoms with Crippen molar-refractivity contribution in [3.63, 3.8) is 0 Å². The van der Waals surface area contributed by atoms with E-state index >= 15 is 0 Å². The average molecular weight is 418 g/mol. The largest absolute Gasteiger partial charge is 0.355 e. The van der Waals surface area contributed by atoms with E-state index in [9.17, 15) is 18.0 Å². The molecule has 1 atom stereocenters. The van der Waals surface area contributed by atoms with Crippen LogP contribution in [0.4, 0.5) is 0 Å². The van der Waals surface area contributed by atoms with E-state index in [4.69, 9.17) is 0 Å². The summed E-state index contributed by atoms with van der Waals surface area (Å²) in [4.78, 5) is 24.5. The lowest BCUT2D eigenvalue weighted by Gasteiger charge is -2.22. The van der Waals surface area contributed by atoms with Crippen molar-refractivity contribution in [1.29, 1.82) is 0 Å². The Bertz CT molecular complexity index is 970. The molecule has 0 spiro atoms. The van der Waals surface area contributed by atoms with Crippen LogP contribution in [0.5, 0.6) is 0 Å². The lowest BCUT2D eigenvalue weighted by Crippen LogP contribution is -2.49. The molecule has 2 aromatic rings. The molecule has 0 heterocycles. The molecule has 0 radical (unpaired) electrons. The SMILES string of the molecule is CNC(=O)c1cccc(CNC(=O)[C@@H](NS(=O)(=O)c2ccc(C)cc2)C(C)C)c1. The fraction of sp³-hybridized carbons (Fsp3) is 0.333. The predicted molar refractivity (Wildman–Crippen MR) is 112 cm³/mol. The summed E-state index contributed by atoms with van der Waals surface area (Å²) in [6.07, 6.45) is 0. The van der Waals surface area contributed by atoms with E-state index in [0.717, 1.165) is 11.1 Å². The number of hydrogen-bond donors (Lipinski definition) is 3. The zero-order valence-corrected chi connectivity index (χ0v) is 17.8. The molecule has 0 saturated heterocycles. The van der Waals surface area contributed by atoms with Gasteiger partial charge in [-0.3, -0.25) is 9.59 Å². The first-order valence-corrected chi connectivity index (χ1v) is 10.8. The van der Waals surface area contributed by atoms with Gasteiger partial charge in [-0.05, 0) is 42.7 Å². The topological polar surface area (TPSA) is 104 Å². The molecule has 0 fully saturated rings. The lowest BCUT2D eigenvalue weighted by atomic mass is 10.0. The van der Waals surface area contributed by atoms with Crippen LogP contribution in [0, 0.1) is 12.8 Å². The zero-order valence-electron chi connectivity index (χ0n) is 17.0. The van der Waals surface area contributed by atoms with Crippen molar-refractivity contribution >= 4 is 21.8 Å². The molecule has 2 amide bonds. The van der Waals surface area contributed by atoms with Crippen LogP contribution in [-0.2, 0) is 21.4 Å². The van der Waals surface area contributed by atoms with E-state index in [1.54, 1.807) is 57.3 Å². The molecule has 0 aliphatic rings. The minimum Gasteiger partial charge on any atom is -0.355 e. The monoisotopic (exact) mass is 417 g/mol. The summed E-state index contributed by atoms with van der Waals surface area (Å²) < 4.78 is 27.8. The van der Waals surface area contributed by atoms with Gasteiger partial charge in [0.15, 0.2) is 0 Å². The van der Waals surface area contributed by atoms with Gasteiger partial charge >= 0.3 is 0 Å². The third-order valence-electron chi connectivity index (χ3n) is 4.45. The van der Waals surface area contributed by atoms with Crippen LogP contribution in [0.15, 0.2) is 53.4 Å². The van der Waals surface area contributed by atoms with Gasteiger partial charge in [0, 0.05) is 19.2 Å². The van der Waals surface area contributed by atoms with Crippen LogP contribution in [0.25, 0.3) is 0 Å². The maximum atomic E-state index is 12.7. The maximum absolute atomic E-state index is 12.7. The molecule has 2 rings (SSSR count). The van der Waals surface area contributed by atoms with Gasteiger partial charge in [0.2, 0.25) is 15.9 Å². The Kier molecular flexibility index (Phi) is 7.53. The number of benzene rings is 2. The first kappa shape index (κ1) is 22.6. The average Bonchev–Trinajstić information content (AvgIpc) is 2.70. The number of carbonyl (C=O) groups is 2. The molecular weight excluding hydrogens is 390 g/mol. The molecule has 29 heavy (non-hydrogen) atoms. The van der Waals surface area contributed by atoms with Gasteiger partial charge in [0.05, 0.1) is 4.90 Å². The molecule has 0 unspecified atom stereocenters. The van der Waals surface area contributed by atoms with Crippen molar-refractivity contribution < 1.29 is 18.0 Å². The summed E-state index contributed by atoms with van der Waals surface area (Å²) in [5, 5.41) is 5.30. The van der Waals surface area contributed by atoms with Gasteiger partial charge in [-0.15, -0.1) is 0 Å². The zero-order chi connectivity index (χ0) is 21.6. The van der Waals surface area contributed by atoms with Crippen molar-refractivity contribution in [2.45, 2.75) is 38.3 Å². The third-order valence-corrected chi connectivity index (χ3v) is 5.90. The normalized spacial score (nSPS) is 12.4. The van der Waals surface area contributed by atoms with Crippen LogP contribution in [-0.4, -0.2) is 33.3 Å². The van der Waals surface area contributed by atoms with Gasteiger partial charge in [0.1, 0.15) is 6.04 Å². The summed E-state index contributed by atoms with van der Waals surface area (Å²) in [5.74, 6) is -0.905. The second-order valence-corrected chi connectivity index (χ2v) is 8.87. The first-order chi connectivity index (χ1) is 13.6. The minimum atomic E-state index is -3.83. The summed E-state index contributed by atoms with van der Waals surface area (Å²) in [5.41, 5.74) is 2.17. The van der Waals surface area contributed by atoms with Crippen molar-refractivity contribution in [3.8, 4) is 0 Å². The first-order valence-electron chi connectivity index (χ1n) is 9.32. The number of aryl methyl sites for hydroxylation is 1. The Morgan fingerprint density at radius 1 is 1.03 bits per heavy atom. The number of carbonyl (C=O) groups excluding carboxylic acids is 2. The van der Waals surface area contributed by atoms with E-state index in [0.29, 0.717) is 5.56 Å². The molecule has 0 aliphatic carbocycles. The Hall–Kier alpha value is -2.71. The molecule has 2 aromatic carbocycles. The van der Waals surface area contributed by atoms with Gasteiger partial charge in [-0.2, -0.15) is 4.72 Å². The molecule has 156 valence electrons. The summed E-state index contributed by atoms with van der Waals surface area (Å²) in [6.45, 7) is 5.59.